The van der Waals surface area contributed by atoms with Crippen molar-refractivity contribution in [3.05, 3.63) is 52.6 Å². The lowest BCUT2D eigenvalue weighted by Crippen LogP contribution is -2.22. The van der Waals surface area contributed by atoms with Crippen molar-refractivity contribution in [3.63, 3.8) is 0 Å². The molecular formula is C20H20N6O2. The highest BCUT2D eigenvalue weighted by Crippen LogP contribution is 2.24. The molecule has 1 aliphatic heterocycles. The SMILES string of the molecule is Cc1ccccc1-n1c(=O)c2cn[nH]c2c2cnc(NC[C@H]3CCCO3)nc21. The molecule has 4 aromatic rings. The van der Waals surface area contributed by atoms with E-state index in [1.807, 2.05) is 31.2 Å². The van der Waals surface area contributed by atoms with Gasteiger partial charge in [0.1, 0.15) is 0 Å². The van der Waals surface area contributed by atoms with E-state index in [4.69, 9.17) is 4.74 Å². The van der Waals surface area contributed by atoms with Gasteiger partial charge in [-0.15, -0.1) is 0 Å². The van der Waals surface area contributed by atoms with Crippen LogP contribution < -0.4 is 10.9 Å². The van der Waals surface area contributed by atoms with Gasteiger partial charge in [-0.2, -0.15) is 10.1 Å². The zero-order valence-corrected chi connectivity index (χ0v) is 15.5. The van der Waals surface area contributed by atoms with Crippen LogP contribution >= 0.6 is 0 Å². The fraction of sp³-hybridized carbons (Fsp3) is 0.300. The van der Waals surface area contributed by atoms with Crippen molar-refractivity contribution in [2.24, 2.45) is 0 Å². The molecule has 8 nitrogen and oxygen atoms in total. The van der Waals surface area contributed by atoms with Crippen LogP contribution in [0.3, 0.4) is 0 Å². The van der Waals surface area contributed by atoms with E-state index in [1.165, 1.54) is 0 Å². The Kier molecular flexibility index (Phi) is 4.05. The Labute approximate surface area is 160 Å². The largest absolute Gasteiger partial charge is 0.376 e. The lowest BCUT2D eigenvalue weighted by Gasteiger charge is -2.14. The number of ether oxygens (including phenoxy) is 1. The monoisotopic (exact) mass is 376 g/mol. The number of fused-ring (bicyclic) bond motifs is 3. The van der Waals surface area contributed by atoms with Crippen LogP contribution in [0, 0.1) is 6.92 Å². The molecule has 1 saturated heterocycles. The summed E-state index contributed by atoms with van der Waals surface area (Å²) in [5.74, 6) is 0.476. The second-order valence-electron chi connectivity index (χ2n) is 7.03. The Morgan fingerprint density at radius 2 is 2.18 bits per heavy atom. The molecule has 0 amide bonds. The molecule has 0 radical (unpaired) electrons. The molecule has 0 spiro atoms. The number of rotatable bonds is 4. The molecule has 1 fully saturated rings. The Hall–Kier alpha value is -3.26. The Morgan fingerprint density at radius 1 is 1.29 bits per heavy atom. The third-order valence-electron chi connectivity index (χ3n) is 5.19. The number of aryl methyl sites for hydroxylation is 1. The van der Waals surface area contributed by atoms with E-state index < -0.39 is 0 Å². The maximum Gasteiger partial charge on any atom is 0.267 e. The van der Waals surface area contributed by atoms with Gasteiger partial charge in [-0.3, -0.25) is 14.5 Å². The summed E-state index contributed by atoms with van der Waals surface area (Å²) in [5, 5.41) is 11.5. The normalized spacial score (nSPS) is 16.8. The van der Waals surface area contributed by atoms with Crippen molar-refractivity contribution in [3.8, 4) is 5.69 Å². The molecule has 28 heavy (non-hydrogen) atoms. The zero-order chi connectivity index (χ0) is 19.1. The Bertz CT molecular complexity index is 1220. The van der Waals surface area contributed by atoms with Gasteiger partial charge in [-0.25, -0.2) is 4.98 Å². The van der Waals surface area contributed by atoms with Crippen molar-refractivity contribution in [1.29, 1.82) is 0 Å². The first-order valence-corrected chi connectivity index (χ1v) is 9.38. The third-order valence-corrected chi connectivity index (χ3v) is 5.19. The minimum absolute atomic E-state index is 0.158. The number of anilines is 1. The van der Waals surface area contributed by atoms with Crippen molar-refractivity contribution >= 4 is 27.9 Å². The summed E-state index contributed by atoms with van der Waals surface area (Å²) in [6.07, 6.45) is 5.57. The van der Waals surface area contributed by atoms with Crippen LogP contribution in [-0.4, -0.2) is 44.0 Å². The summed E-state index contributed by atoms with van der Waals surface area (Å²) >= 11 is 0. The van der Waals surface area contributed by atoms with E-state index in [9.17, 15) is 4.79 Å². The number of pyridine rings is 1. The van der Waals surface area contributed by atoms with Crippen LogP contribution in [0.15, 0.2) is 41.5 Å². The summed E-state index contributed by atoms with van der Waals surface area (Å²) < 4.78 is 7.29. The van der Waals surface area contributed by atoms with E-state index in [1.54, 1.807) is 17.0 Å². The summed E-state index contributed by atoms with van der Waals surface area (Å²) in [6, 6.07) is 7.76. The van der Waals surface area contributed by atoms with Crippen LogP contribution in [0.4, 0.5) is 5.95 Å². The molecule has 142 valence electrons. The van der Waals surface area contributed by atoms with E-state index >= 15 is 0 Å². The first-order chi connectivity index (χ1) is 13.7. The van der Waals surface area contributed by atoms with Crippen LogP contribution in [-0.2, 0) is 4.74 Å². The molecule has 8 heteroatoms. The molecular weight excluding hydrogens is 356 g/mol. The number of benzene rings is 1. The van der Waals surface area contributed by atoms with E-state index in [2.05, 4.69) is 25.5 Å². The number of hydrogen-bond donors (Lipinski definition) is 2. The van der Waals surface area contributed by atoms with Crippen LogP contribution in [0.5, 0.6) is 0 Å². The van der Waals surface area contributed by atoms with E-state index in [0.29, 0.717) is 29.0 Å². The van der Waals surface area contributed by atoms with Gasteiger partial charge in [0, 0.05) is 19.3 Å². The first-order valence-electron chi connectivity index (χ1n) is 9.38. The Balaban J connectivity index is 1.70. The van der Waals surface area contributed by atoms with Crippen LogP contribution in [0.25, 0.3) is 27.6 Å². The molecule has 0 bridgehead atoms. The minimum atomic E-state index is -0.158. The van der Waals surface area contributed by atoms with Crippen LogP contribution in [0.1, 0.15) is 18.4 Å². The summed E-state index contributed by atoms with van der Waals surface area (Å²) in [5.41, 5.74) is 2.82. The quantitative estimate of drug-likeness (QED) is 0.568. The zero-order valence-electron chi connectivity index (χ0n) is 15.5. The average Bonchev–Trinajstić information content (AvgIpc) is 3.40. The molecule has 0 saturated carbocycles. The fourth-order valence-corrected chi connectivity index (χ4v) is 3.72. The Morgan fingerprint density at radius 3 is 3.00 bits per heavy atom. The van der Waals surface area contributed by atoms with Crippen LogP contribution in [0.2, 0.25) is 0 Å². The predicted molar refractivity (Wildman–Crippen MR) is 107 cm³/mol. The summed E-state index contributed by atoms with van der Waals surface area (Å²) in [7, 11) is 0. The highest BCUT2D eigenvalue weighted by atomic mass is 16.5. The molecule has 1 atom stereocenters. The smallest absolute Gasteiger partial charge is 0.267 e. The number of hydrogen-bond acceptors (Lipinski definition) is 6. The van der Waals surface area contributed by atoms with Gasteiger partial charge in [0.05, 0.1) is 34.3 Å². The van der Waals surface area contributed by atoms with E-state index in [0.717, 1.165) is 36.1 Å². The minimum Gasteiger partial charge on any atom is -0.376 e. The second kappa shape index (κ2) is 6.72. The molecule has 3 aromatic heterocycles. The number of aromatic amines is 1. The van der Waals surface area contributed by atoms with Crippen molar-refractivity contribution in [2.45, 2.75) is 25.9 Å². The molecule has 1 aliphatic rings. The van der Waals surface area contributed by atoms with Crippen molar-refractivity contribution in [1.82, 2.24) is 24.7 Å². The van der Waals surface area contributed by atoms with Gasteiger partial charge in [0.15, 0.2) is 5.65 Å². The molecule has 1 aromatic carbocycles. The molecule has 2 N–H and O–H groups in total. The van der Waals surface area contributed by atoms with Gasteiger partial charge in [0.2, 0.25) is 5.95 Å². The summed E-state index contributed by atoms with van der Waals surface area (Å²) in [6.45, 7) is 3.42. The van der Waals surface area contributed by atoms with Gasteiger partial charge in [0.25, 0.3) is 5.56 Å². The number of aromatic nitrogens is 5. The van der Waals surface area contributed by atoms with Gasteiger partial charge in [-0.1, -0.05) is 18.2 Å². The van der Waals surface area contributed by atoms with Gasteiger partial charge in [-0.05, 0) is 31.4 Å². The predicted octanol–water partition coefficient (Wildman–Crippen LogP) is 2.56. The maximum absolute atomic E-state index is 13.2. The number of nitrogens with zero attached hydrogens (tertiary/aromatic N) is 4. The number of H-pyrrole nitrogens is 1. The lowest BCUT2D eigenvalue weighted by atomic mass is 10.1. The standard InChI is InChI=1S/C20H20N6O2/c1-12-5-2-3-7-16(12)26-18-14(17-15(19(26)27)11-23-25-17)10-22-20(24-18)21-9-13-6-4-8-28-13/h2-3,5,7,10-11,13H,4,6,8-9H2,1H3,(H,23,25)(H,21,22,24)/t13-/m1/s1. The molecule has 5 rings (SSSR count). The van der Waals surface area contributed by atoms with E-state index in [-0.39, 0.29) is 11.7 Å². The topological polar surface area (TPSA) is 97.7 Å². The second-order valence-corrected chi connectivity index (χ2v) is 7.03. The number of nitrogens with one attached hydrogen (secondary N) is 2. The summed E-state index contributed by atoms with van der Waals surface area (Å²) in [4.78, 5) is 22.4. The highest BCUT2D eigenvalue weighted by Gasteiger charge is 2.18. The third kappa shape index (κ3) is 2.73. The first kappa shape index (κ1) is 16.9. The lowest BCUT2D eigenvalue weighted by molar-refractivity contribution is 0.120. The molecule has 0 aliphatic carbocycles. The molecule has 4 heterocycles. The number of para-hydroxylation sites is 1. The van der Waals surface area contributed by atoms with Crippen molar-refractivity contribution < 1.29 is 4.74 Å². The maximum atomic E-state index is 13.2. The average molecular weight is 376 g/mol. The highest BCUT2D eigenvalue weighted by molar-refractivity contribution is 6.02. The molecule has 0 unspecified atom stereocenters. The van der Waals surface area contributed by atoms with Gasteiger partial charge < -0.3 is 10.1 Å². The fourth-order valence-electron chi connectivity index (χ4n) is 3.72. The van der Waals surface area contributed by atoms with Crippen molar-refractivity contribution in [2.75, 3.05) is 18.5 Å². The van der Waals surface area contributed by atoms with Gasteiger partial charge >= 0.3 is 0 Å².